The van der Waals surface area contributed by atoms with Crippen LogP contribution < -0.4 is 0 Å². The molecule has 6 rings (SSSR count). The van der Waals surface area contributed by atoms with Crippen molar-refractivity contribution < 1.29 is 33.9 Å². The normalized spacial score (nSPS) is 30.0. The molecule has 4 N–H and O–H groups in total. The molecule has 0 amide bonds. The Balaban J connectivity index is 1.19. The van der Waals surface area contributed by atoms with Gasteiger partial charge in [-0.2, -0.15) is 0 Å². The number of ether oxygens (including phenoxy) is 1. The Kier molecular flexibility index (Phi) is 8.34. The molecule has 1 saturated heterocycles. The molecule has 2 aromatic carbocycles. The summed E-state index contributed by atoms with van der Waals surface area (Å²) >= 11 is 1.22. The van der Waals surface area contributed by atoms with Crippen LogP contribution in [-0.4, -0.2) is 92.1 Å². The van der Waals surface area contributed by atoms with Crippen molar-refractivity contribution in [3.63, 3.8) is 0 Å². The van der Waals surface area contributed by atoms with E-state index in [0.29, 0.717) is 35.4 Å². The van der Waals surface area contributed by atoms with Crippen LogP contribution in [-0.2, 0) is 4.74 Å². The second kappa shape index (κ2) is 12.1. The van der Waals surface area contributed by atoms with E-state index < -0.39 is 54.4 Å². The van der Waals surface area contributed by atoms with Crippen LogP contribution >= 0.6 is 11.8 Å². The first-order chi connectivity index (χ1) is 20.3. The first-order valence-corrected chi connectivity index (χ1v) is 14.6. The smallest absolute Gasteiger partial charge is 0.132 e. The molecular weight excluding hydrogens is 570 g/mol. The Morgan fingerprint density at radius 3 is 2.07 bits per heavy atom. The van der Waals surface area contributed by atoms with Gasteiger partial charge in [0.15, 0.2) is 0 Å². The summed E-state index contributed by atoms with van der Waals surface area (Å²) in [5.41, 5.74) is 0.961. The Labute approximate surface area is 243 Å². The van der Waals surface area contributed by atoms with Crippen LogP contribution in [0.2, 0.25) is 0 Å². The maximum Gasteiger partial charge on any atom is 0.132 e. The van der Waals surface area contributed by atoms with E-state index in [2.05, 4.69) is 20.6 Å². The Morgan fingerprint density at radius 2 is 1.45 bits per heavy atom. The molecule has 1 saturated carbocycles. The van der Waals surface area contributed by atoms with Gasteiger partial charge in [0.2, 0.25) is 0 Å². The van der Waals surface area contributed by atoms with Gasteiger partial charge in [-0.25, -0.2) is 18.1 Å². The fraction of sp³-hybridized carbons (Fsp3) is 0.429. The van der Waals surface area contributed by atoms with Gasteiger partial charge < -0.3 is 25.2 Å². The van der Waals surface area contributed by atoms with E-state index >= 15 is 0 Å². The third-order valence-corrected chi connectivity index (χ3v) is 9.35. The summed E-state index contributed by atoms with van der Waals surface area (Å²) in [6, 6.07) is 10.4. The summed E-state index contributed by atoms with van der Waals surface area (Å²) in [5.74, 6) is -0.826. The van der Waals surface area contributed by atoms with Gasteiger partial charge in [-0.15, -0.1) is 22.0 Å². The van der Waals surface area contributed by atoms with Crippen LogP contribution in [0.1, 0.15) is 31.3 Å². The largest absolute Gasteiger partial charge is 0.394 e. The van der Waals surface area contributed by atoms with Crippen molar-refractivity contribution in [1.29, 1.82) is 0 Å². The molecular formula is C28H30F2N6O5S. The predicted molar refractivity (Wildman–Crippen MR) is 148 cm³/mol. The molecule has 222 valence electrons. The van der Waals surface area contributed by atoms with Crippen molar-refractivity contribution in [2.24, 2.45) is 0 Å². The molecule has 0 bridgehead atoms. The number of nitrogens with zero attached hydrogens (tertiary/aromatic N) is 6. The summed E-state index contributed by atoms with van der Waals surface area (Å²) in [4.78, 5) is 0. The maximum atomic E-state index is 13.7. The zero-order valence-electron chi connectivity index (χ0n) is 22.3. The van der Waals surface area contributed by atoms with E-state index in [1.165, 1.54) is 46.9 Å². The van der Waals surface area contributed by atoms with Crippen molar-refractivity contribution in [3.05, 3.63) is 72.6 Å². The van der Waals surface area contributed by atoms with Gasteiger partial charge in [-0.3, -0.25) is 0 Å². The van der Waals surface area contributed by atoms with E-state index in [-0.39, 0.29) is 11.1 Å². The van der Waals surface area contributed by atoms with Crippen LogP contribution in [0, 0.1) is 11.6 Å². The third-order valence-electron chi connectivity index (χ3n) is 7.83. The lowest BCUT2D eigenvalue weighted by Crippen LogP contribution is -2.55. The highest BCUT2D eigenvalue weighted by atomic mass is 32.2. The summed E-state index contributed by atoms with van der Waals surface area (Å²) in [5, 5.41) is 59.8. The summed E-state index contributed by atoms with van der Waals surface area (Å²) in [7, 11) is 0. The summed E-state index contributed by atoms with van der Waals surface area (Å²) in [6.45, 7) is -0.509. The molecule has 0 spiro atoms. The molecule has 3 heterocycles. The zero-order chi connectivity index (χ0) is 29.4. The fourth-order valence-electron chi connectivity index (χ4n) is 5.64. The zero-order valence-corrected chi connectivity index (χ0v) is 23.1. The molecule has 2 aromatic heterocycles. The van der Waals surface area contributed by atoms with Gasteiger partial charge in [0.25, 0.3) is 0 Å². The molecule has 0 unspecified atom stereocenters. The lowest BCUT2D eigenvalue weighted by molar-refractivity contribution is -0.178. The lowest BCUT2D eigenvalue weighted by Gasteiger charge is -2.44. The fourth-order valence-corrected chi connectivity index (χ4v) is 7.16. The number of hydrogen-bond donors (Lipinski definition) is 4. The average molecular weight is 601 g/mol. The third kappa shape index (κ3) is 5.70. The van der Waals surface area contributed by atoms with Crippen LogP contribution in [0.5, 0.6) is 0 Å². The first kappa shape index (κ1) is 28.8. The second-order valence-electron chi connectivity index (χ2n) is 10.5. The quantitative estimate of drug-likeness (QED) is 0.249. The monoisotopic (exact) mass is 600 g/mol. The van der Waals surface area contributed by atoms with Crippen LogP contribution in [0.3, 0.4) is 0 Å². The first-order valence-electron chi connectivity index (χ1n) is 13.6. The van der Waals surface area contributed by atoms with Gasteiger partial charge in [-0.1, -0.05) is 41.1 Å². The number of aliphatic hydroxyl groups is 4. The number of rotatable bonds is 7. The van der Waals surface area contributed by atoms with Crippen molar-refractivity contribution >= 4 is 11.8 Å². The average Bonchev–Trinajstić information content (AvgIpc) is 3.67. The van der Waals surface area contributed by atoms with E-state index in [0.717, 1.165) is 6.42 Å². The van der Waals surface area contributed by atoms with E-state index in [4.69, 9.17) is 4.74 Å². The summed E-state index contributed by atoms with van der Waals surface area (Å²) in [6.07, 6.45) is 0.690. The number of halogens is 2. The maximum absolute atomic E-state index is 13.7. The topological polar surface area (TPSA) is 152 Å². The molecule has 2 aliphatic rings. The Bertz CT molecular complexity index is 1520. The van der Waals surface area contributed by atoms with E-state index in [1.807, 2.05) is 0 Å². The second-order valence-corrected chi connectivity index (χ2v) is 11.9. The van der Waals surface area contributed by atoms with Crippen LogP contribution in [0.25, 0.3) is 22.5 Å². The van der Waals surface area contributed by atoms with Gasteiger partial charge in [0, 0.05) is 16.4 Å². The Hall–Kier alpha value is -3.27. The van der Waals surface area contributed by atoms with Crippen LogP contribution in [0.4, 0.5) is 8.78 Å². The van der Waals surface area contributed by atoms with Crippen LogP contribution in [0.15, 0.2) is 60.9 Å². The number of hydrogen-bond acceptors (Lipinski definition) is 10. The number of thioether (sulfide) groups is 1. The summed E-state index contributed by atoms with van der Waals surface area (Å²) < 4.78 is 36.2. The number of aromatic nitrogens is 6. The molecule has 2 fully saturated rings. The predicted octanol–water partition coefficient (Wildman–Crippen LogP) is 2.35. The number of aliphatic hydroxyl groups excluding tert-OH is 4. The molecule has 14 heteroatoms. The molecule has 11 nitrogen and oxygen atoms in total. The van der Waals surface area contributed by atoms with Crippen molar-refractivity contribution in [3.8, 4) is 22.5 Å². The molecule has 1 aliphatic heterocycles. The minimum Gasteiger partial charge on any atom is -0.394 e. The van der Waals surface area contributed by atoms with E-state index in [9.17, 15) is 29.2 Å². The molecule has 8 atom stereocenters. The van der Waals surface area contributed by atoms with Crippen molar-refractivity contribution in [1.82, 2.24) is 30.0 Å². The highest BCUT2D eigenvalue weighted by molar-refractivity contribution is 8.00. The number of benzene rings is 2. The van der Waals surface area contributed by atoms with Gasteiger partial charge >= 0.3 is 0 Å². The minimum absolute atomic E-state index is 0.348. The van der Waals surface area contributed by atoms with Gasteiger partial charge in [-0.05, 0) is 37.1 Å². The SMILES string of the molecule is OC[C@H]1O[C@@H](S[C@@H]2CCC[C@H](n3cc(-c4cccc(F)c4)nn3)[C@@H]2O)[C@H](O)[C@H](n2cc(-c3cccc(F)c3)nn2)[C@H]1O. The van der Waals surface area contributed by atoms with Gasteiger partial charge in [0.1, 0.15) is 52.8 Å². The van der Waals surface area contributed by atoms with Crippen molar-refractivity contribution in [2.75, 3.05) is 6.61 Å². The molecule has 1 aliphatic carbocycles. The Morgan fingerprint density at radius 1 is 0.833 bits per heavy atom. The molecule has 42 heavy (non-hydrogen) atoms. The minimum atomic E-state index is -1.32. The van der Waals surface area contributed by atoms with E-state index in [1.54, 1.807) is 35.1 Å². The lowest BCUT2D eigenvalue weighted by atomic mass is 9.92. The molecule has 0 radical (unpaired) electrons. The molecule has 4 aromatic rings. The highest BCUT2D eigenvalue weighted by Gasteiger charge is 2.48. The standard InChI is InChI=1S/C28H30F2N6O5S/c29-17-6-1-4-15(10-17)19-12-35(33-31-19)21-8-3-9-23(25(21)38)42-28-27(40)24(26(39)22(14-37)41-28)36-13-20(32-34-36)16-5-2-7-18(30)11-16/h1-2,4-7,10-13,21-28,37-40H,3,8-9,14H2/t21-,22+,23+,24+,25-,26-,27+,28-/m0/s1. The van der Waals surface area contributed by atoms with Gasteiger partial charge in [0.05, 0.1) is 31.1 Å². The highest BCUT2D eigenvalue weighted by Crippen LogP contribution is 2.42. The van der Waals surface area contributed by atoms with Crippen molar-refractivity contribution in [2.45, 2.75) is 66.4 Å².